The summed E-state index contributed by atoms with van der Waals surface area (Å²) in [5.41, 5.74) is 0.302. The number of methoxy groups -OCH3 is 1. The van der Waals surface area contributed by atoms with E-state index in [1.165, 1.54) is 0 Å². The van der Waals surface area contributed by atoms with Gasteiger partial charge in [-0.05, 0) is 6.92 Å². The Balaban J connectivity index is 2.22. The van der Waals surface area contributed by atoms with Crippen molar-refractivity contribution in [2.45, 2.75) is 13.0 Å². The smallest absolute Gasteiger partial charge is 0.333 e. The topological polar surface area (TPSA) is 54.0 Å². The average molecular weight is 391 g/mol. The number of halogens is 1. The van der Waals surface area contributed by atoms with Crippen LogP contribution in [-0.4, -0.2) is 39.0 Å². The van der Waals surface area contributed by atoms with Gasteiger partial charge in [0, 0.05) is 22.4 Å². The lowest BCUT2D eigenvalue weighted by Crippen LogP contribution is -2.30. The molecule has 0 amide bonds. The molecule has 2 rings (SSSR count). The molecule has 0 saturated heterocycles. The fraction of sp³-hybridized carbons (Fsp3) is 0.286. The second-order valence-electron chi connectivity index (χ2n) is 5.88. The SMILES string of the molecule is C=CCOCC(COc1c(Cl)cc(OC)c2ccccc12)OC(=O)C(=C)C. The van der Waals surface area contributed by atoms with E-state index in [4.69, 9.17) is 30.5 Å². The largest absolute Gasteiger partial charge is 0.496 e. The van der Waals surface area contributed by atoms with Gasteiger partial charge in [0.05, 0.1) is 25.3 Å². The van der Waals surface area contributed by atoms with E-state index in [1.54, 1.807) is 26.2 Å². The number of fused-ring (bicyclic) bond motifs is 1. The Morgan fingerprint density at radius 3 is 2.59 bits per heavy atom. The first-order valence-electron chi connectivity index (χ1n) is 8.41. The predicted octanol–water partition coefficient (Wildman–Crippen LogP) is 4.57. The van der Waals surface area contributed by atoms with E-state index in [9.17, 15) is 4.79 Å². The number of carbonyl (C=O) groups excluding carboxylic acids is 1. The van der Waals surface area contributed by atoms with E-state index in [0.717, 1.165) is 10.8 Å². The Bertz CT molecular complexity index is 831. The van der Waals surface area contributed by atoms with Crippen LogP contribution in [0, 0.1) is 0 Å². The lowest BCUT2D eigenvalue weighted by molar-refractivity contribution is -0.148. The third kappa shape index (κ3) is 5.49. The molecule has 0 saturated carbocycles. The molecule has 6 heteroatoms. The van der Waals surface area contributed by atoms with Gasteiger partial charge in [0.15, 0.2) is 6.10 Å². The van der Waals surface area contributed by atoms with Crippen LogP contribution >= 0.6 is 11.6 Å². The van der Waals surface area contributed by atoms with E-state index in [2.05, 4.69) is 13.2 Å². The molecule has 1 unspecified atom stereocenters. The van der Waals surface area contributed by atoms with E-state index in [1.807, 2.05) is 24.3 Å². The minimum atomic E-state index is -0.619. The summed E-state index contributed by atoms with van der Waals surface area (Å²) in [4.78, 5) is 11.9. The number of hydrogen-bond donors (Lipinski definition) is 0. The second kappa shape index (κ2) is 10.00. The van der Waals surface area contributed by atoms with Crippen molar-refractivity contribution >= 4 is 28.3 Å². The molecule has 2 aromatic carbocycles. The molecule has 0 aliphatic rings. The van der Waals surface area contributed by atoms with Crippen molar-refractivity contribution in [2.75, 3.05) is 26.9 Å². The van der Waals surface area contributed by atoms with Crippen molar-refractivity contribution in [1.29, 1.82) is 0 Å². The molecule has 144 valence electrons. The van der Waals surface area contributed by atoms with E-state index in [-0.39, 0.29) is 13.2 Å². The molecule has 0 spiro atoms. The number of esters is 1. The summed E-state index contributed by atoms with van der Waals surface area (Å²) in [5, 5.41) is 2.08. The first-order valence-corrected chi connectivity index (χ1v) is 8.78. The number of rotatable bonds is 10. The third-order valence-electron chi connectivity index (χ3n) is 3.71. The highest BCUT2D eigenvalue weighted by Crippen LogP contribution is 2.39. The molecule has 0 bridgehead atoms. The summed E-state index contributed by atoms with van der Waals surface area (Å²) in [6, 6.07) is 9.30. The first-order chi connectivity index (χ1) is 13.0. The summed E-state index contributed by atoms with van der Waals surface area (Å²) in [5.74, 6) is 0.646. The van der Waals surface area contributed by atoms with Gasteiger partial charge in [-0.2, -0.15) is 0 Å². The Kier molecular flexibility index (Phi) is 7.70. The fourth-order valence-electron chi connectivity index (χ4n) is 2.43. The Hall–Kier alpha value is -2.50. The monoisotopic (exact) mass is 390 g/mol. The highest BCUT2D eigenvalue weighted by atomic mass is 35.5. The zero-order valence-electron chi connectivity index (χ0n) is 15.5. The van der Waals surface area contributed by atoms with E-state index < -0.39 is 12.1 Å². The average Bonchev–Trinajstić information content (AvgIpc) is 2.66. The van der Waals surface area contributed by atoms with Crippen LogP contribution in [-0.2, 0) is 14.3 Å². The minimum absolute atomic E-state index is 0.0756. The molecule has 2 aromatic rings. The van der Waals surface area contributed by atoms with Gasteiger partial charge in [0.1, 0.15) is 18.1 Å². The molecule has 0 fully saturated rings. The van der Waals surface area contributed by atoms with Crippen molar-refractivity contribution in [3.63, 3.8) is 0 Å². The van der Waals surface area contributed by atoms with Crippen LogP contribution in [0.15, 0.2) is 55.1 Å². The molecular weight excluding hydrogens is 368 g/mol. The third-order valence-corrected chi connectivity index (χ3v) is 3.99. The van der Waals surface area contributed by atoms with Gasteiger partial charge < -0.3 is 18.9 Å². The molecule has 0 aromatic heterocycles. The van der Waals surface area contributed by atoms with Crippen molar-refractivity contribution in [2.24, 2.45) is 0 Å². The van der Waals surface area contributed by atoms with Crippen LogP contribution in [0.3, 0.4) is 0 Å². The van der Waals surface area contributed by atoms with Crippen molar-refractivity contribution in [1.82, 2.24) is 0 Å². The van der Waals surface area contributed by atoms with Crippen molar-refractivity contribution < 1.29 is 23.7 Å². The van der Waals surface area contributed by atoms with Crippen LogP contribution in [0.25, 0.3) is 10.8 Å². The lowest BCUT2D eigenvalue weighted by Gasteiger charge is -2.20. The number of carbonyl (C=O) groups is 1. The van der Waals surface area contributed by atoms with Crippen molar-refractivity contribution in [3.05, 3.63) is 60.2 Å². The summed E-state index contributed by atoms with van der Waals surface area (Å²) in [7, 11) is 1.59. The van der Waals surface area contributed by atoms with E-state index in [0.29, 0.717) is 28.7 Å². The maximum Gasteiger partial charge on any atom is 0.333 e. The molecule has 5 nitrogen and oxygen atoms in total. The zero-order valence-corrected chi connectivity index (χ0v) is 16.3. The number of hydrogen-bond acceptors (Lipinski definition) is 5. The minimum Gasteiger partial charge on any atom is -0.496 e. The van der Waals surface area contributed by atoms with Crippen LogP contribution in [0.4, 0.5) is 0 Å². The summed E-state index contributed by atoms with van der Waals surface area (Å²) in [6.45, 7) is 9.35. The highest BCUT2D eigenvalue weighted by molar-refractivity contribution is 6.33. The van der Waals surface area contributed by atoms with Gasteiger partial charge in [-0.3, -0.25) is 0 Å². The molecule has 0 radical (unpaired) electrons. The van der Waals surface area contributed by atoms with E-state index >= 15 is 0 Å². The quantitative estimate of drug-likeness (QED) is 0.257. The summed E-state index contributed by atoms with van der Waals surface area (Å²) >= 11 is 6.38. The standard InChI is InChI=1S/C21H23ClO5/c1-5-10-25-12-15(27-21(23)14(2)3)13-26-20-17-9-7-6-8-16(17)19(24-4)11-18(20)22/h5-9,11,15H,1-2,10,12-13H2,3-4H3. The first kappa shape index (κ1) is 20.8. The maximum atomic E-state index is 11.9. The number of ether oxygens (including phenoxy) is 4. The Labute approximate surface area is 164 Å². The van der Waals surface area contributed by atoms with Gasteiger partial charge in [0.25, 0.3) is 0 Å². The van der Waals surface area contributed by atoms with Crippen LogP contribution in [0.5, 0.6) is 11.5 Å². The summed E-state index contributed by atoms with van der Waals surface area (Å²) in [6.07, 6.45) is 0.998. The lowest BCUT2D eigenvalue weighted by atomic mass is 10.1. The highest BCUT2D eigenvalue weighted by Gasteiger charge is 2.19. The molecule has 0 N–H and O–H groups in total. The molecule has 27 heavy (non-hydrogen) atoms. The van der Waals surface area contributed by atoms with Crippen LogP contribution in [0.1, 0.15) is 6.92 Å². The predicted molar refractivity (Wildman–Crippen MR) is 107 cm³/mol. The Morgan fingerprint density at radius 1 is 1.26 bits per heavy atom. The fourth-order valence-corrected chi connectivity index (χ4v) is 2.68. The van der Waals surface area contributed by atoms with Gasteiger partial charge in [-0.15, -0.1) is 6.58 Å². The molecule has 0 heterocycles. The van der Waals surface area contributed by atoms with Gasteiger partial charge in [0.2, 0.25) is 0 Å². The van der Waals surface area contributed by atoms with Gasteiger partial charge >= 0.3 is 5.97 Å². The Morgan fingerprint density at radius 2 is 1.96 bits per heavy atom. The molecule has 1 atom stereocenters. The zero-order chi connectivity index (χ0) is 19.8. The van der Waals surface area contributed by atoms with Crippen LogP contribution in [0.2, 0.25) is 5.02 Å². The van der Waals surface area contributed by atoms with Gasteiger partial charge in [-0.1, -0.05) is 48.5 Å². The summed E-state index contributed by atoms with van der Waals surface area (Å²) < 4.78 is 22.1. The van der Waals surface area contributed by atoms with Crippen LogP contribution < -0.4 is 9.47 Å². The van der Waals surface area contributed by atoms with Crippen molar-refractivity contribution in [3.8, 4) is 11.5 Å². The molecular formula is C21H23ClO5. The maximum absolute atomic E-state index is 11.9. The molecule has 0 aliphatic carbocycles. The van der Waals surface area contributed by atoms with Gasteiger partial charge in [-0.25, -0.2) is 4.79 Å². The second-order valence-corrected chi connectivity index (χ2v) is 6.29. The normalized spacial score (nSPS) is 11.7. The number of benzene rings is 2. The molecule has 0 aliphatic heterocycles.